The summed E-state index contributed by atoms with van der Waals surface area (Å²) in [5.74, 6) is -1.19. The normalized spacial score (nSPS) is 16.9. The SMILES string of the molecule is CSc1ccc(-c2noc(C3CC(=O)N(c4cc(F)ccc4F)C3)n2)cc1. The van der Waals surface area contributed by atoms with Crippen molar-refractivity contribution in [2.75, 3.05) is 17.7 Å². The lowest BCUT2D eigenvalue weighted by molar-refractivity contribution is -0.117. The summed E-state index contributed by atoms with van der Waals surface area (Å²) in [4.78, 5) is 19.0. The van der Waals surface area contributed by atoms with Gasteiger partial charge >= 0.3 is 0 Å². The Balaban J connectivity index is 1.56. The first-order valence-electron chi connectivity index (χ1n) is 8.28. The summed E-state index contributed by atoms with van der Waals surface area (Å²) in [6.45, 7) is 0.159. The molecule has 27 heavy (non-hydrogen) atoms. The van der Waals surface area contributed by atoms with Crippen LogP contribution in [0, 0.1) is 11.6 Å². The lowest BCUT2D eigenvalue weighted by Crippen LogP contribution is -2.25. The van der Waals surface area contributed by atoms with Crippen molar-refractivity contribution in [3.05, 3.63) is 60.0 Å². The average molecular weight is 387 g/mol. The second-order valence-electron chi connectivity index (χ2n) is 6.19. The van der Waals surface area contributed by atoms with Crippen LogP contribution in [0.15, 0.2) is 51.9 Å². The lowest BCUT2D eigenvalue weighted by Gasteiger charge is -2.16. The summed E-state index contributed by atoms with van der Waals surface area (Å²) < 4.78 is 32.8. The molecule has 5 nitrogen and oxygen atoms in total. The first-order chi connectivity index (χ1) is 13.0. The molecule has 138 valence electrons. The van der Waals surface area contributed by atoms with Gasteiger partial charge in [-0.2, -0.15) is 4.98 Å². The Morgan fingerprint density at radius 1 is 1.19 bits per heavy atom. The third-order valence-electron chi connectivity index (χ3n) is 4.46. The molecule has 0 bridgehead atoms. The largest absolute Gasteiger partial charge is 0.339 e. The fourth-order valence-electron chi connectivity index (χ4n) is 3.06. The molecule has 0 N–H and O–H groups in total. The number of hydrogen-bond acceptors (Lipinski definition) is 5. The Bertz CT molecular complexity index is 991. The maximum absolute atomic E-state index is 14.0. The van der Waals surface area contributed by atoms with Crippen molar-refractivity contribution in [1.29, 1.82) is 0 Å². The van der Waals surface area contributed by atoms with Gasteiger partial charge < -0.3 is 9.42 Å². The zero-order valence-corrected chi connectivity index (χ0v) is 15.2. The number of hydrogen-bond donors (Lipinski definition) is 0. The summed E-state index contributed by atoms with van der Waals surface area (Å²) in [5, 5.41) is 3.98. The van der Waals surface area contributed by atoms with Crippen LogP contribution in [0.3, 0.4) is 0 Å². The van der Waals surface area contributed by atoms with Gasteiger partial charge in [0.15, 0.2) is 0 Å². The predicted molar refractivity (Wildman–Crippen MR) is 97.6 cm³/mol. The highest BCUT2D eigenvalue weighted by atomic mass is 32.2. The molecule has 0 saturated carbocycles. The van der Waals surface area contributed by atoms with Gasteiger partial charge in [-0.25, -0.2) is 8.78 Å². The smallest absolute Gasteiger partial charge is 0.232 e. The van der Waals surface area contributed by atoms with E-state index in [1.54, 1.807) is 11.8 Å². The number of carbonyl (C=O) groups is 1. The van der Waals surface area contributed by atoms with E-state index in [0.717, 1.165) is 28.7 Å². The molecule has 1 aliphatic rings. The van der Waals surface area contributed by atoms with Crippen LogP contribution in [-0.2, 0) is 4.79 Å². The number of anilines is 1. The van der Waals surface area contributed by atoms with Crippen LogP contribution in [0.4, 0.5) is 14.5 Å². The minimum absolute atomic E-state index is 0.0742. The first kappa shape index (κ1) is 17.7. The zero-order chi connectivity index (χ0) is 19.0. The molecular weight excluding hydrogens is 372 g/mol. The summed E-state index contributed by atoms with van der Waals surface area (Å²) in [6.07, 6.45) is 2.09. The van der Waals surface area contributed by atoms with Crippen molar-refractivity contribution in [2.45, 2.75) is 17.2 Å². The quantitative estimate of drug-likeness (QED) is 0.626. The van der Waals surface area contributed by atoms with Gasteiger partial charge in [0.2, 0.25) is 17.6 Å². The van der Waals surface area contributed by atoms with Crippen LogP contribution >= 0.6 is 11.8 Å². The van der Waals surface area contributed by atoms with Crippen molar-refractivity contribution in [2.24, 2.45) is 0 Å². The zero-order valence-electron chi connectivity index (χ0n) is 14.4. The molecule has 2 aromatic carbocycles. The van der Waals surface area contributed by atoms with E-state index in [2.05, 4.69) is 10.1 Å². The van der Waals surface area contributed by atoms with E-state index < -0.39 is 11.6 Å². The highest BCUT2D eigenvalue weighted by Gasteiger charge is 2.36. The van der Waals surface area contributed by atoms with Crippen molar-refractivity contribution in [3.63, 3.8) is 0 Å². The monoisotopic (exact) mass is 387 g/mol. The summed E-state index contributed by atoms with van der Waals surface area (Å²) in [6, 6.07) is 10.8. The van der Waals surface area contributed by atoms with Gasteiger partial charge in [0, 0.05) is 29.5 Å². The minimum atomic E-state index is -0.648. The molecule has 1 unspecified atom stereocenters. The number of halogens is 2. The predicted octanol–water partition coefficient (Wildman–Crippen LogP) is 4.26. The minimum Gasteiger partial charge on any atom is -0.339 e. The van der Waals surface area contributed by atoms with Crippen LogP contribution in [0.25, 0.3) is 11.4 Å². The molecule has 8 heteroatoms. The second-order valence-corrected chi connectivity index (χ2v) is 7.07. The van der Waals surface area contributed by atoms with Crippen LogP contribution in [-0.4, -0.2) is 28.8 Å². The maximum atomic E-state index is 14.0. The fraction of sp³-hybridized carbons (Fsp3) is 0.211. The molecule has 0 radical (unpaired) electrons. The summed E-state index contributed by atoms with van der Waals surface area (Å²) >= 11 is 1.63. The molecule has 0 spiro atoms. The van der Waals surface area contributed by atoms with Gasteiger partial charge in [-0.05, 0) is 42.7 Å². The summed E-state index contributed by atoms with van der Waals surface area (Å²) in [7, 11) is 0. The number of nitrogens with zero attached hydrogens (tertiary/aromatic N) is 3. The average Bonchev–Trinajstić information content (AvgIpc) is 3.31. The molecule has 1 aliphatic heterocycles. The standard InChI is InChI=1S/C19H15F2N3O2S/c1-27-14-5-2-11(3-6-14)18-22-19(26-23-18)12-8-17(25)24(10-12)16-9-13(20)4-7-15(16)21/h2-7,9,12H,8,10H2,1H3. The molecule has 1 fully saturated rings. The van der Waals surface area contributed by atoms with Gasteiger partial charge in [-0.15, -0.1) is 11.8 Å². The molecular formula is C19H15F2N3O2S. The van der Waals surface area contributed by atoms with Crippen LogP contribution < -0.4 is 4.90 Å². The molecule has 1 amide bonds. The van der Waals surface area contributed by atoms with E-state index in [0.29, 0.717) is 11.7 Å². The van der Waals surface area contributed by atoms with E-state index >= 15 is 0 Å². The Morgan fingerprint density at radius 3 is 2.70 bits per heavy atom. The number of aromatic nitrogens is 2. The maximum Gasteiger partial charge on any atom is 0.232 e. The third-order valence-corrected chi connectivity index (χ3v) is 5.21. The molecule has 1 saturated heterocycles. The van der Waals surface area contributed by atoms with Crippen molar-refractivity contribution in [3.8, 4) is 11.4 Å². The van der Waals surface area contributed by atoms with Gasteiger partial charge in [0.25, 0.3) is 0 Å². The molecule has 1 aromatic heterocycles. The highest BCUT2D eigenvalue weighted by Crippen LogP contribution is 2.33. The van der Waals surface area contributed by atoms with Gasteiger partial charge in [0.1, 0.15) is 11.6 Å². The van der Waals surface area contributed by atoms with Crippen molar-refractivity contribution >= 4 is 23.4 Å². The van der Waals surface area contributed by atoms with E-state index in [-0.39, 0.29) is 30.5 Å². The van der Waals surface area contributed by atoms with E-state index in [4.69, 9.17) is 4.52 Å². The highest BCUT2D eigenvalue weighted by molar-refractivity contribution is 7.98. The van der Waals surface area contributed by atoms with Crippen LogP contribution in [0.2, 0.25) is 0 Å². The number of carbonyl (C=O) groups excluding carboxylic acids is 1. The number of thioether (sulfide) groups is 1. The molecule has 4 rings (SSSR count). The number of rotatable bonds is 4. The Labute approximate surface area is 158 Å². The Kier molecular flexibility index (Phi) is 4.65. The first-order valence-corrected chi connectivity index (χ1v) is 9.51. The Morgan fingerprint density at radius 2 is 1.96 bits per heavy atom. The van der Waals surface area contributed by atoms with Crippen LogP contribution in [0.5, 0.6) is 0 Å². The molecule has 1 atom stereocenters. The van der Waals surface area contributed by atoms with Gasteiger partial charge in [-0.1, -0.05) is 5.16 Å². The topological polar surface area (TPSA) is 59.2 Å². The number of amides is 1. The fourth-order valence-corrected chi connectivity index (χ4v) is 3.47. The molecule has 0 aliphatic carbocycles. The third kappa shape index (κ3) is 3.44. The molecule has 2 heterocycles. The van der Waals surface area contributed by atoms with Gasteiger partial charge in [0.05, 0.1) is 11.6 Å². The second kappa shape index (κ2) is 7.11. The lowest BCUT2D eigenvalue weighted by atomic mass is 10.1. The van der Waals surface area contributed by atoms with E-state index in [9.17, 15) is 13.6 Å². The molecule has 3 aromatic rings. The van der Waals surface area contributed by atoms with Crippen LogP contribution in [0.1, 0.15) is 18.2 Å². The van der Waals surface area contributed by atoms with Crippen molar-refractivity contribution < 1.29 is 18.1 Å². The van der Waals surface area contributed by atoms with E-state index in [1.165, 1.54) is 4.90 Å². The van der Waals surface area contributed by atoms with E-state index in [1.807, 2.05) is 30.5 Å². The van der Waals surface area contributed by atoms with Gasteiger partial charge in [-0.3, -0.25) is 4.79 Å². The van der Waals surface area contributed by atoms with Crippen molar-refractivity contribution in [1.82, 2.24) is 10.1 Å². The Hall–Kier alpha value is -2.74. The number of benzene rings is 2. The summed E-state index contributed by atoms with van der Waals surface area (Å²) in [5.41, 5.74) is 0.732.